The average Bonchev–Trinajstić information content (AvgIpc) is 2.78. The first-order chi connectivity index (χ1) is 8.61. The molecule has 96 valence electrons. The molecule has 2 aromatic heterocycles. The van der Waals surface area contributed by atoms with Gasteiger partial charge in [-0.15, -0.1) is 0 Å². The monoisotopic (exact) mass is 376 g/mol. The predicted molar refractivity (Wildman–Crippen MR) is 71.3 cm³/mol. The van der Waals surface area contributed by atoms with E-state index in [1.165, 1.54) is 4.68 Å². The van der Waals surface area contributed by atoms with Crippen molar-refractivity contribution in [3.63, 3.8) is 0 Å². The van der Waals surface area contributed by atoms with Gasteiger partial charge in [-0.2, -0.15) is 10.1 Å². The lowest BCUT2D eigenvalue weighted by Gasteiger charge is -2.02. The minimum Gasteiger partial charge on any atom is -0.339 e. The van der Waals surface area contributed by atoms with Crippen molar-refractivity contribution in [3.8, 4) is 0 Å². The number of halogens is 2. The predicted octanol–water partition coefficient (Wildman–Crippen LogP) is 2.15. The minimum atomic E-state index is -0.244. The fourth-order valence-electron chi connectivity index (χ4n) is 1.36. The van der Waals surface area contributed by atoms with E-state index in [0.717, 1.165) is 12.8 Å². The molecular weight excluding hydrogens is 368 g/mol. The van der Waals surface area contributed by atoms with Gasteiger partial charge in [0.25, 0.3) is 5.56 Å². The Labute approximate surface area is 120 Å². The zero-order valence-electron chi connectivity index (χ0n) is 9.56. The lowest BCUT2D eigenvalue weighted by atomic mass is 10.3. The molecule has 0 aliphatic heterocycles. The third-order valence-corrected chi connectivity index (χ3v) is 4.11. The first-order valence-corrected chi connectivity index (χ1v) is 6.93. The van der Waals surface area contributed by atoms with Crippen molar-refractivity contribution in [2.75, 3.05) is 0 Å². The highest BCUT2D eigenvalue weighted by Crippen LogP contribution is 2.16. The molecule has 2 aromatic rings. The summed E-state index contributed by atoms with van der Waals surface area (Å²) in [6.45, 7) is 2.22. The Hall–Kier alpha value is -1.02. The van der Waals surface area contributed by atoms with E-state index >= 15 is 0 Å². The van der Waals surface area contributed by atoms with Crippen molar-refractivity contribution in [1.82, 2.24) is 19.9 Å². The van der Waals surface area contributed by atoms with Crippen LogP contribution in [0.4, 0.5) is 0 Å². The van der Waals surface area contributed by atoms with Gasteiger partial charge in [-0.05, 0) is 38.3 Å². The number of hydrogen-bond donors (Lipinski definition) is 0. The van der Waals surface area contributed by atoms with Gasteiger partial charge < -0.3 is 4.52 Å². The van der Waals surface area contributed by atoms with Crippen molar-refractivity contribution < 1.29 is 4.52 Å². The molecular formula is C10H10Br2N4O2. The van der Waals surface area contributed by atoms with Crippen molar-refractivity contribution in [2.24, 2.45) is 0 Å². The first-order valence-electron chi connectivity index (χ1n) is 5.34. The molecule has 0 N–H and O–H groups in total. The second kappa shape index (κ2) is 5.75. The van der Waals surface area contributed by atoms with Crippen LogP contribution in [0.1, 0.15) is 25.1 Å². The zero-order valence-corrected chi connectivity index (χ0v) is 12.7. The quantitative estimate of drug-likeness (QED) is 0.816. The smallest absolute Gasteiger partial charge is 0.282 e. The van der Waals surface area contributed by atoms with Crippen molar-refractivity contribution >= 4 is 31.9 Å². The Bertz CT molecular complexity index is 608. The van der Waals surface area contributed by atoms with E-state index in [0.29, 0.717) is 20.7 Å². The van der Waals surface area contributed by atoms with Crippen LogP contribution in [0.2, 0.25) is 0 Å². The summed E-state index contributed by atoms with van der Waals surface area (Å²) in [5.41, 5.74) is -0.244. The maximum atomic E-state index is 11.9. The van der Waals surface area contributed by atoms with Crippen LogP contribution in [0.5, 0.6) is 0 Å². The summed E-state index contributed by atoms with van der Waals surface area (Å²) < 4.78 is 7.36. The maximum absolute atomic E-state index is 11.9. The van der Waals surface area contributed by atoms with E-state index in [9.17, 15) is 4.79 Å². The van der Waals surface area contributed by atoms with E-state index in [1.54, 1.807) is 6.20 Å². The molecule has 0 unspecified atom stereocenters. The molecule has 0 radical (unpaired) electrons. The summed E-state index contributed by atoms with van der Waals surface area (Å²) in [4.78, 5) is 16.0. The van der Waals surface area contributed by atoms with Crippen LogP contribution < -0.4 is 5.56 Å². The number of aromatic nitrogens is 4. The van der Waals surface area contributed by atoms with Crippen LogP contribution >= 0.6 is 31.9 Å². The maximum Gasteiger partial charge on any atom is 0.282 e. The van der Waals surface area contributed by atoms with Gasteiger partial charge in [0.05, 0.1) is 10.7 Å². The van der Waals surface area contributed by atoms with Gasteiger partial charge in [-0.3, -0.25) is 4.79 Å². The molecule has 18 heavy (non-hydrogen) atoms. The highest BCUT2D eigenvalue weighted by atomic mass is 79.9. The minimum absolute atomic E-state index is 0.192. The highest BCUT2D eigenvalue weighted by molar-refractivity contribution is 9.13. The van der Waals surface area contributed by atoms with Gasteiger partial charge in [0.1, 0.15) is 11.0 Å². The molecule has 0 saturated carbocycles. The van der Waals surface area contributed by atoms with Crippen molar-refractivity contribution in [3.05, 3.63) is 37.2 Å². The second-order valence-electron chi connectivity index (χ2n) is 3.62. The summed E-state index contributed by atoms with van der Waals surface area (Å²) in [5, 5.41) is 7.81. The van der Waals surface area contributed by atoms with Crippen LogP contribution in [0.25, 0.3) is 0 Å². The Morgan fingerprint density at radius 2 is 2.22 bits per heavy atom. The molecule has 2 heterocycles. The van der Waals surface area contributed by atoms with Gasteiger partial charge in [0.15, 0.2) is 5.82 Å². The van der Waals surface area contributed by atoms with Crippen molar-refractivity contribution in [1.29, 1.82) is 0 Å². The molecule has 2 rings (SSSR count). The Kier molecular flexibility index (Phi) is 4.28. The fraction of sp³-hybridized carbons (Fsp3) is 0.400. The first kappa shape index (κ1) is 13.4. The van der Waals surface area contributed by atoms with Crippen LogP contribution in [-0.4, -0.2) is 19.9 Å². The normalized spacial score (nSPS) is 10.8. The van der Waals surface area contributed by atoms with E-state index in [4.69, 9.17) is 4.52 Å². The summed E-state index contributed by atoms with van der Waals surface area (Å²) in [6, 6.07) is 0. The molecule has 0 aromatic carbocycles. The van der Waals surface area contributed by atoms with E-state index in [1.807, 2.05) is 6.92 Å². The van der Waals surface area contributed by atoms with Gasteiger partial charge in [0.2, 0.25) is 5.89 Å². The van der Waals surface area contributed by atoms with Crippen LogP contribution in [0.3, 0.4) is 0 Å². The SMILES string of the molecule is CCCc1nc(Cn2ncc(Br)c(Br)c2=O)no1. The molecule has 0 aliphatic rings. The van der Waals surface area contributed by atoms with E-state index in [-0.39, 0.29) is 12.1 Å². The Morgan fingerprint density at radius 1 is 1.44 bits per heavy atom. The molecule has 0 atom stereocenters. The topological polar surface area (TPSA) is 73.8 Å². The standard InChI is InChI=1S/C10H10Br2N4O2/c1-2-3-8-14-7(15-18-8)5-16-10(17)9(12)6(11)4-13-16/h4H,2-3,5H2,1H3. The van der Waals surface area contributed by atoms with Crippen molar-refractivity contribution in [2.45, 2.75) is 26.3 Å². The number of nitrogens with zero attached hydrogens (tertiary/aromatic N) is 4. The Morgan fingerprint density at radius 3 is 2.94 bits per heavy atom. The number of rotatable bonds is 4. The molecule has 0 saturated heterocycles. The summed E-state index contributed by atoms with van der Waals surface area (Å²) >= 11 is 6.41. The lowest BCUT2D eigenvalue weighted by Crippen LogP contribution is -2.24. The number of hydrogen-bond acceptors (Lipinski definition) is 5. The Balaban J connectivity index is 2.23. The van der Waals surface area contributed by atoms with Crippen LogP contribution in [0.15, 0.2) is 24.5 Å². The molecule has 0 amide bonds. The molecule has 0 aliphatic carbocycles. The van der Waals surface area contributed by atoms with Gasteiger partial charge in [-0.25, -0.2) is 4.68 Å². The number of aryl methyl sites for hydroxylation is 1. The van der Waals surface area contributed by atoms with E-state index < -0.39 is 0 Å². The van der Waals surface area contributed by atoms with Crippen LogP contribution in [0, 0.1) is 0 Å². The third-order valence-electron chi connectivity index (χ3n) is 2.21. The second-order valence-corrected chi connectivity index (χ2v) is 5.27. The fourth-order valence-corrected chi connectivity index (χ4v) is 1.93. The van der Waals surface area contributed by atoms with Gasteiger partial charge in [-0.1, -0.05) is 12.1 Å². The molecule has 6 nitrogen and oxygen atoms in total. The average molecular weight is 378 g/mol. The molecule has 0 bridgehead atoms. The molecule has 0 spiro atoms. The summed E-state index contributed by atoms with van der Waals surface area (Å²) in [6.07, 6.45) is 3.21. The van der Waals surface area contributed by atoms with Crippen LogP contribution in [-0.2, 0) is 13.0 Å². The summed E-state index contributed by atoms with van der Waals surface area (Å²) in [5.74, 6) is 1.03. The zero-order chi connectivity index (χ0) is 13.1. The summed E-state index contributed by atoms with van der Waals surface area (Å²) in [7, 11) is 0. The van der Waals surface area contributed by atoms with Gasteiger partial charge >= 0.3 is 0 Å². The van der Waals surface area contributed by atoms with Gasteiger partial charge in [0, 0.05) is 6.42 Å². The molecule has 8 heteroatoms. The third kappa shape index (κ3) is 2.86. The largest absolute Gasteiger partial charge is 0.339 e. The van der Waals surface area contributed by atoms with E-state index in [2.05, 4.69) is 47.1 Å². The lowest BCUT2D eigenvalue weighted by molar-refractivity contribution is 0.370. The highest BCUT2D eigenvalue weighted by Gasteiger charge is 2.10. The molecule has 0 fully saturated rings.